The molecule has 0 aliphatic heterocycles. The zero-order valence-corrected chi connectivity index (χ0v) is 9.88. The molecule has 19 heavy (non-hydrogen) atoms. The molecule has 3 rings (SSSR count). The maximum atomic E-state index is 13.6. The summed E-state index contributed by atoms with van der Waals surface area (Å²) in [7, 11) is 0. The summed E-state index contributed by atoms with van der Waals surface area (Å²) >= 11 is 0. The van der Waals surface area contributed by atoms with E-state index in [4.69, 9.17) is 10.5 Å². The minimum absolute atomic E-state index is 0.0576. The van der Waals surface area contributed by atoms with Crippen molar-refractivity contribution in [3.8, 4) is 11.8 Å². The van der Waals surface area contributed by atoms with Crippen LogP contribution < -0.4 is 10.5 Å². The highest BCUT2D eigenvalue weighted by molar-refractivity contribution is 5.77. The summed E-state index contributed by atoms with van der Waals surface area (Å²) in [6.07, 6.45) is 1.62. The third kappa shape index (κ3) is 2.18. The van der Waals surface area contributed by atoms with Crippen molar-refractivity contribution in [1.82, 2.24) is 9.97 Å². The maximum absolute atomic E-state index is 13.6. The van der Waals surface area contributed by atoms with E-state index in [0.717, 1.165) is 10.9 Å². The molecule has 94 valence electrons. The average molecular weight is 255 g/mol. The van der Waals surface area contributed by atoms with Gasteiger partial charge in [-0.1, -0.05) is 24.3 Å². The van der Waals surface area contributed by atoms with E-state index in [-0.39, 0.29) is 17.4 Å². The van der Waals surface area contributed by atoms with Crippen LogP contribution in [0.4, 0.5) is 10.1 Å². The zero-order chi connectivity index (χ0) is 13.2. The van der Waals surface area contributed by atoms with Gasteiger partial charge in [-0.15, -0.1) is 0 Å². The number of ether oxygens (including phenoxy) is 1. The van der Waals surface area contributed by atoms with Gasteiger partial charge in [0.1, 0.15) is 0 Å². The van der Waals surface area contributed by atoms with E-state index in [1.807, 2.05) is 24.3 Å². The molecule has 4 nitrogen and oxygen atoms in total. The Hall–Kier alpha value is -2.69. The van der Waals surface area contributed by atoms with Crippen LogP contribution in [0, 0.1) is 5.82 Å². The largest absolute Gasteiger partial charge is 0.419 e. The van der Waals surface area contributed by atoms with E-state index >= 15 is 0 Å². The molecule has 0 aliphatic rings. The number of para-hydroxylation sites is 2. The Kier molecular flexibility index (Phi) is 2.72. The molecule has 0 unspecified atom stereocenters. The van der Waals surface area contributed by atoms with Crippen LogP contribution >= 0.6 is 0 Å². The number of anilines is 1. The standard InChI is InChI=1S/C14H10FN3O/c15-10-5-3-6-11(16)13(10)19-14-17-8-9-4-1-2-7-12(9)18-14/h1-8H,16H2. The Morgan fingerprint density at radius 2 is 1.89 bits per heavy atom. The highest BCUT2D eigenvalue weighted by Gasteiger charge is 2.10. The lowest BCUT2D eigenvalue weighted by molar-refractivity contribution is 0.415. The topological polar surface area (TPSA) is 61.0 Å². The smallest absolute Gasteiger partial charge is 0.322 e. The van der Waals surface area contributed by atoms with E-state index in [2.05, 4.69) is 9.97 Å². The molecule has 0 aliphatic carbocycles. The molecule has 0 saturated heterocycles. The fourth-order valence-electron chi connectivity index (χ4n) is 1.73. The first kappa shape index (κ1) is 11.4. The van der Waals surface area contributed by atoms with Gasteiger partial charge in [-0.25, -0.2) is 9.37 Å². The van der Waals surface area contributed by atoms with Gasteiger partial charge >= 0.3 is 6.01 Å². The van der Waals surface area contributed by atoms with Gasteiger partial charge in [0.15, 0.2) is 11.6 Å². The Bertz CT molecular complexity index is 725. The number of halogens is 1. The molecule has 0 bridgehead atoms. The molecule has 2 N–H and O–H groups in total. The van der Waals surface area contributed by atoms with E-state index < -0.39 is 5.82 Å². The van der Waals surface area contributed by atoms with Crippen molar-refractivity contribution in [3.05, 3.63) is 54.5 Å². The molecule has 0 saturated carbocycles. The van der Waals surface area contributed by atoms with Crippen molar-refractivity contribution in [2.45, 2.75) is 0 Å². The van der Waals surface area contributed by atoms with Crippen LogP contribution in [0.15, 0.2) is 48.7 Å². The van der Waals surface area contributed by atoms with Crippen LogP contribution in [0.2, 0.25) is 0 Å². The highest BCUT2D eigenvalue weighted by Crippen LogP contribution is 2.28. The first-order valence-electron chi connectivity index (χ1n) is 5.67. The molecule has 0 fully saturated rings. The summed E-state index contributed by atoms with van der Waals surface area (Å²) in [4.78, 5) is 8.23. The zero-order valence-electron chi connectivity index (χ0n) is 9.88. The van der Waals surface area contributed by atoms with Crippen molar-refractivity contribution in [3.63, 3.8) is 0 Å². The van der Waals surface area contributed by atoms with Crippen molar-refractivity contribution in [2.75, 3.05) is 5.73 Å². The number of nitrogens with zero attached hydrogens (tertiary/aromatic N) is 2. The minimum Gasteiger partial charge on any atom is -0.419 e. The van der Waals surface area contributed by atoms with Crippen molar-refractivity contribution in [1.29, 1.82) is 0 Å². The second kappa shape index (κ2) is 4.53. The summed E-state index contributed by atoms with van der Waals surface area (Å²) in [6.45, 7) is 0. The lowest BCUT2D eigenvalue weighted by atomic mass is 10.2. The summed E-state index contributed by atoms with van der Waals surface area (Å²) in [6, 6.07) is 11.9. The predicted molar refractivity (Wildman–Crippen MR) is 70.4 cm³/mol. The summed E-state index contributed by atoms with van der Waals surface area (Å²) in [5.41, 5.74) is 6.59. The summed E-state index contributed by atoms with van der Waals surface area (Å²) in [5.74, 6) is -0.602. The van der Waals surface area contributed by atoms with E-state index in [9.17, 15) is 4.39 Å². The van der Waals surface area contributed by atoms with Crippen LogP contribution in [0.1, 0.15) is 0 Å². The summed E-state index contributed by atoms with van der Waals surface area (Å²) in [5, 5.41) is 0.886. The minimum atomic E-state index is -0.545. The van der Waals surface area contributed by atoms with Crippen LogP contribution in [0.5, 0.6) is 11.8 Å². The molecule has 1 heterocycles. The van der Waals surface area contributed by atoms with Crippen LogP contribution in [0.3, 0.4) is 0 Å². The quantitative estimate of drug-likeness (QED) is 0.714. The molecule has 0 spiro atoms. The lowest BCUT2D eigenvalue weighted by Gasteiger charge is -2.07. The number of fused-ring (bicyclic) bond motifs is 1. The molecule has 2 aromatic carbocycles. The molecule has 0 amide bonds. The fourth-order valence-corrected chi connectivity index (χ4v) is 1.73. The second-order valence-corrected chi connectivity index (χ2v) is 3.97. The maximum Gasteiger partial charge on any atom is 0.322 e. The van der Waals surface area contributed by atoms with Gasteiger partial charge in [-0.3, -0.25) is 0 Å². The number of benzene rings is 2. The molecular weight excluding hydrogens is 245 g/mol. The van der Waals surface area contributed by atoms with Gasteiger partial charge in [0, 0.05) is 11.6 Å². The number of nitrogen functional groups attached to an aromatic ring is 1. The van der Waals surface area contributed by atoms with Gasteiger partial charge in [-0.05, 0) is 18.2 Å². The SMILES string of the molecule is Nc1cccc(F)c1Oc1ncc2ccccc2n1. The van der Waals surface area contributed by atoms with Crippen molar-refractivity contribution >= 4 is 16.6 Å². The second-order valence-electron chi connectivity index (χ2n) is 3.97. The Balaban J connectivity index is 2.01. The molecule has 1 aromatic heterocycles. The number of hydrogen-bond acceptors (Lipinski definition) is 4. The van der Waals surface area contributed by atoms with Gasteiger partial charge in [0.2, 0.25) is 0 Å². The molecule has 0 radical (unpaired) electrons. The number of hydrogen-bond donors (Lipinski definition) is 1. The van der Waals surface area contributed by atoms with E-state index in [0.29, 0.717) is 0 Å². The fraction of sp³-hybridized carbons (Fsp3) is 0. The van der Waals surface area contributed by atoms with E-state index in [1.165, 1.54) is 12.1 Å². The molecule has 5 heteroatoms. The van der Waals surface area contributed by atoms with Gasteiger partial charge < -0.3 is 10.5 Å². The third-order valence-corrected chi connectivity index (χ3v) is 2.66. The summed E-state index contributed by atoms with van der Waals surface area (Å²) < 4.78 is 18.9. The first-order chi connectivity index (χ1) is 9.24. The van der Waals surface area contributed by atoms with Gasteiger partial charge in [0.05, 0.1) is 11.2 Å². The van der Waals surface area contributed by atoms with Crippen LogP contribution in [-0.4, -0.2) is 9.97 Å². The van der Waals surface area contributed by atoms with Crippen molar-refractivity contribution in [2.24, 2.45) is 0 Å². The highest BCUT2D eigenvalue weighted by atomic mass is 19.1. The molecule has 3 aromatic rings. The van der Waals surface area contributed by atoms with Crippen molar-refractivity contribution < 1.29 is 9.13 Å². The predicted octanol–water partition coefficient (Wildman–Crippen LogP) is 3.14. The van der Waals surface area contributed by atoms with E-state index in [1.54, 1.807) is 12.3 Å². The Morgan fingerprint density at radius 1 is 1.05 bits per heavy atom. The number of nitrogens with two attached hydrogens (primary N) is 1. The van der Waals surface area contributed by atoms with Gasteiger partial charge in [0.25, 0.3) is 0 Å². The Morgan fingerprint density at radius 3 is 2.74 bits per heavy atom. The number of aromatic nitrogens is 2. The van der Waals surface area contributed by atoms with Crippen LogP contribution in [-0.2, 0) is 0 Å². The monoisotopic (exact) mass is 255 g/mol. The Labute approximate surface area is 108 Å². The number of rotatable bonds is 2. The third-order valence-electron chi connectivity index (χ3n) is 2.66. The van der Waals surface area contributed by atoms with Gasteiger partial charge in [-0.2, -0.15) is 4.98 Å². The van der Waals surface area contributed by atoms with Crippen LogP contribution in [0.25, 0.3) is 10.9 Å². The first-order valence-corrected chi connectivity index (χ1v) is 5.67. The normalized spacial score (nSPS) is 10.6. The molecular formula is C14H10FN3O. The average Bonchev–Trinajstić information content (AvgIpc) is 2.43. The lowest BCUT2D eigenvalue weighted by Crippen LogP contribution is -1.98. The molecule has 0 atom stereocenters.